The number of nitrogens with one attached hydrogen (secondary N) is 1. The van der Waals surface area contributed by atoms with E-state index in [0.717, 1.165) is 6.07 Å². The van der Waals surface area contributed by atoms with Gasteiger partial charge in [0, 0.05) is 15.7 Å². The number of nitrogens with two attached hydrogens (primary N) is 1. The predicted molar refractivity (Wildman–Crippen MR) is 79.8 cm³/mol. The van der Waals surface area contributed by atoms with Crippen molar-refractivity contribution < 1.29 is 18.0 Å². The van der Waals surface area contributed by atoms with Gasteiger partial charge in [-0.3, -0.25) is 4.79 Å². The van der Waals surface area contributed by atoms with Gasteiger partial charge in [0.15, 0.2) is 0 Å². The van der Waals surface area contributed by atoms with Crippen LogP contribution < -0.4 is 11.1 Å². The predicted octanol–water partition coefficient (Wildman–Crippen LogP) is 4.17. The lowest BCUT2D eigenvalue weighted by Crippen LogP contribution is -2.53. The van der Waals surface area contributed by atoms with Crippen molar-refractivity contribution in [1.29, 1.82) is 0 Å². The highest BCUT2D eigenvalue weighted by Crippen LogP contribution is 2.37. The van der Waals surface area contributed by atoms with E-state index in [1.165, 1.54) is 12.1 Å². The summed E-state index contributed by atoms with van der Waals surface area (Å²) in [6, 6.07) is 3.54. The van der Waals surface area contributed by atoms with Crippen LogP contribution in [-0.4, -0.2) is 11.4 Å². The van der Waals surface area contributed by atoms with Gasteiger partial charge in [0.05, 0.1) is 11.0 Å². The van der Waals surface area contributed by atoms with E-state index in [9.17, 15) is 18.0 Å². The molecule has 0 aliphatic heterocycles. The van der Waals surface area contributed by atoms with Crippen LogP contribution in [0.3, 0.4) is 0 Å². The molecule has 0 saturated carbocycles. The molecule has 0 aliphatic carbocycles. The normalized spacial score (nSPS) is 13.2. The van der Waals surface area contributed by atoms with E-state index in [1.54, 1.807) is 27.7 Å². The third-order valence-corrected chi connectivity index (χ3v) is 4.40. The van der Waals surface area contributed by atoms with E-state index in [-0.39, 0.29) is 10.2 Å². The van der Waals surface area contributed by atoms with Crippen molar-refractivity contribution in [3.63, 3.8) is 0 Å². The lowest BCUT2D eigenvalue weighted by Gasteiger charge is -2.36. The second-order valence-electron chi connectivity index (χ2n) is 5.99. The molecule has 0 saturated heterocycles. The summed E-state index contributed by atoms with van der Waals surface area (Å²) in [6.07, 6.45) is -4.50. The Balaban J connectivity index is 3.08. The molecule has 1 amide bonds. The SMILES string of the molecule is CC(C)(N)C(C)(C)C(=O)Nc1ccc(Br)c(C(F)(F)F)c1. The second-order valence-corrected chi connectivity index (χ2v) is 6.85. The van der Waals surface area contributed by atoms with Crippen LogP contribution in [0.5, 0.6) is 0 Å². The summed E-state index contributed by atoms with van der Waals surface area (Å²) in [5.41, 5.74) is 3.41. The van der Waals surface area contributed by atoms with E-state index in [0.29, 0.717) is 0 Å². The van der Waals surface area contributed by atoms with Gasteiger partial charge in [-0.15, -0.1) is 0 Å². The molecule has 0 heterocycles. The topological polar surface area (TPSA) is 55.1 Å². The van der Waals surface area contributed by atoms with Crippen molar-refractivity contribution in [2.24, 2.45) is 11.1 Å². The maximum atomic E-state index is 12.8. The van der Waals surface area contributed by atoms with E-state index < -0.39 is 28.6 Å². The van der Waals surface area contributed by atoms with Crippen molar-refractivity contribution >= 4 is 27.5 Å². The Morgan fingerprint density at radius 1 is 1.19 bits per heavy atom. The van der Waals surface area contributed by atoms with E-state index in [1.807, 2.05) is 0 Å². The van der Waals surface area contributed by atoms with Crippen LogP contribution in [0.15, 0.2) is 22.7 Å². The van der Waals surface area contributed by atoms with Gasteiger partial charge in [-0.05, 0) is 45.9 Å². The molecule has 0 aromatic heterocycles. The second kappa shape index (κ2) is 5.61. The lowest BCUT2D eigenvalue weighted by molar-refractivity contribution is -0.138. The minimum Gasteiger partial charge on any atom is -0.326 e. The number of anilines is 1. The number of amides is 1. The molecule has 0 bridgehead atoms. The van der Waals surface area contributed by atoms with Crippen LogP contribution in [-0.2, 0) is 11.0 Å². The fourth-order valence-corrected chi connectivity index (χ4v) is 1.87. The molecule has 7 heteroatoms. The summed E-state index contributed by atoms with van der Waals surface area (Å²) >= 11 is 2.85. The molecule has 0 spiro atoms. The summed E-state index contributed by atoms with van der Waals surface area (Å²) in [6.45, 7) is 6.67. The van der Waals surface area contributed by atoms with Crippen LogP contribution in [0.2, 0.25) is 0 Å². The Hall–Kier alpha value is -1.08. The van der Waals surface area contributed by atoms with Crippen LogP contribution in [0.1, 0.15) is 33.3 Å². The minimum atomic E-state index is -4.50. The number of halogens is 4. The quantitative estimate of drug-likeness (QED) is 0.843. The zero-order chi connectivity index (χ0) is 16.6. The Labute approximate surface area is 130 Å². The molecule has 0 fully saturated rings. The number of hydrogen-bond donors (Lipinski definition) is 2. The molecular formula is C14H18BrF3N2O. The molecule has 1 aromatic carbocycles. The first-order valence-electron chi connectivity index (χ1n) is 6.24. The lowest BCUT2D eigenvalue weighted by atomic mass is 9.74. The van der Waals surface area contributed by atoms with Gasteiger partial charge in [0.2, 0.25) is 5.91 Å². The highest BCUT2D eigenvalue weighted by molar-refractivity contribution is 9.10. The largest absolute Gasteiger partial charge is 0.417 e. The number of alkyl halides is 3. The van der Waals surface area contributed by atoms with Gasteiger partial charge in [-0.1, -0.05) is 15.9 Å². The summed E-state index contributed by atoms with van der Waals surface area (Å²) < 4.78 is 38.4. The average Bonchev–Trinajstić information content (AvgIpc) is 2.28. The Morgan fingerprint density at radius 3 is 2.14 bits per heavy atom. The molecule has 118 valence electrons. The van der Waals surface area contributed by atoms with Gasteiger partial charge in [-0.2, -0.15) is 13.2 Å². The number of benzene rings is 1. The summed E-state index contributed by atoms with van der Waals surface area (Å²) in [5.74, 6) is -0.439. The van der Waals surface area contributed by atoms with Crippen molar-refractivity contribution in [2.45, 2.75) is 39.4 Å². The monoisotopic (exact) mass is 366 g/mol. The van der Waals surface area contributed by atoms with Gasteiger partial charge < -0.3 is 11.1 Å². The third kappa shape index (κ3) is 3.97. The Morgan fingerprint density at radius 2 is 1.71 bits per heavy atom. The highest BCUT2D eigenvalue weighted by Gasteiger charge is 2.40. The number of carbonyl (C=O) groups excluding carboxylic acids is 1. The molecular weight excluding hydrogens is 349 g/mol. The molecule has 0 atom stereocenters. The zero-order valence-corrected chi connectivity index (χ0v) is 13.8. The Bertz CT molecular complexity index is 548. The van der Waals surface area contributed by atoms with E-state index in [2.05, 4.69) is 21.2 Å². The summed E-state index contributed by atoms with van der Waals surface area (Å²) in [4.78, 5) is 12.2. The minimum absolute atomic E-state index is 0.0767. The molecule has 3 nitrogen and oxygen atoms in total. The van der Waals surface area contributed by atoms with Gasteiger partial charge in [0.25, 0.3) is 0 Å². The van der Waals surface area contributed by atoms with Crippen molar-refractivity contribution in [1.82, 2.24) is 0 Å². The molecule has 3 N–H and O–H groups in total. The van der Waals surface area contributed by atoms with Crippen LogP contribution in [0, 0.1) is 5.41 Å². The van der Waals surface area contributed by atoms with E-state index in [4.69, 9.17) is 5.73 Å². The zero-order valence-electron chi connectivity index (χ0n) is 12.2. The van der Waals surface area contributed by atoms with Gasteiger partial charge >= 0.3 is 6.18 Å². The summed E-state index contributed by atoms with van der Waals surface area (Å²) in [5, 5.41) is 2.49. The first-order valence-corrected chi connectivity index (χ1v) is 7.03. The standard InChI is InChI=1S/C14H18BrF3N2O/c1-12(2,13(3,4)19)11(21)20-8-5-6-10(15)9(7-8)14(16,17)18/h5-7H,19H2,1-4H3,(H,20,21). The van der Waals surface area contributed by atoms with Gasteiger partial charge in [-0.25, -0.2) is 0 Å². The molecule has 1 rings (SSSR count). The first kappa shape index (κ1) is 18.0. The maximum absolute atomic E-state index is 12.8. The smallest absolute Gasteiger partial charge is 0.326 e. The highest BCUT2D eigenvalue weighted by atomic mass is 79.9. The van der Waals surface area contributed by atoms with Crippen molar-refractivity contribution in [2.75, 3.05) is 5.32 Å². The van der Waals surface area contributed by atoms with Crippen LogP contribution >= 0.6 is 15.9 Å². The third-order valence-electron chi connectivity index (χ3n) is 3.71. The average molecular weight is 367 g/mol. The number of hydrogen-bond acceptors (Lipinski definition) is 2. The van der Waals surface area contributed by atoms with Crippen LogP contribution in [0.4, 0.5) is 18.9 Å². The van der Waals surface area contributed by atoms with E-state index >= 15 is 0 Å². The molecule has 0 unspecified atom stereocenters. The molecule has 0 radical (unpaired) electrons. The summed E-state index contributed by atoms with van der Waals surface area (Å²) in [7, 11) is 0. The fraction of sp³-hybridized carbons (Fsp3) is 0.500. The molecule has 21 heavy (non-hydrogen) atoms. The first-order chi connectivity index (χ1) is 9.26. The number of rotatable bonds is 3. The van der Waals surface area contributed by atoms with Crippen molar-refractivity contribution in [3.05, 3.63) is 28.2 Å². The Kier molecular flexibility index (Phi) is 4.80. The maximum Gasteiger partial charge on any atom is 0.417 e. The van der Waals surface area contributed by atoms with Gasteiger partial charge in [0.1, 0.15) is 0 Å². The molecule has 1 aromatic rings. The fourth-order valence-electron chi connectivity index (χ4n) is 1.40. The van der Waals surface area contributed by atoms with Crippen LogP contribution in [0.25, 0.3) is 0 Å². The molecule has 0 aliphatic rings. The number of carbonyl (C=O) groups is 1. The van der Waals surface area contributed by atoms with Crippen molar-refractivity contribution in [3.8, 4) is 0 Å².